The molecule has 1 saturated carbocycles. The van der Waals surface area contributed by atoms with Crippen LogP contribution in [-0.4, -0.2) is 72.9 Å². The second kappa shape index (κ2) is 16.5. The standard InChI is InChI=1S/C28H37N3O7.C7H14/c1-7-19-20-12-17(35-5)10-11-21(20)30-24(16-8-9-16)25(19)37-18-13-22(26(33)36-6)31(15-18)23(32)14-29-27(34)38-28(2,3)4;1-3-5-7-6-4-2/h10-12,16,18,22H,7-9,13-15H2,1-6H3,(H,29,34);3H,1,4-7H2,2H3. The van der Waals surface area contributed by atoms with Crippen LogP contribution >= 0.6 is 0 Å². The molecule has 1 aliphatic carbocycles. The highest BCUT2D eigenvalue weighted by atomic mass is 16.6. The highest BCUT2D eigenvalue weighted by molar-refractivity contribution is 5.88. The second-order valence-electron chi connectivity index (χ2n) is 12.5. The van der Waals surface area contributed by atoms with E-state index in [1.54, 1.807) is 27.9 Å². The number of nitrogens with zero attached hydrogens (tertiary/aromatic N) is 2. The molecule has 4 rings (SSSR count). The van der Waals surface area contributed by atoms with Crippen LogP contribution in [-0.2, 0) is 25.5 Å². The number of unbranched alkanes of at least 4 members (excludes halogenated alkanes) is 3. The Morgan fingerprint density at radius 1 is 1.13 bits per heavy atom. The molecule has 2 aromatic rings. The van der Waals surface area contributed by atoms with Gasteiger partial charge in [-0.25, -0.2) is 14.6 Å². The first-order valence-corrected chi connectivity index (χ1v) is 16.1. The molecule has 0 spiro atoms. The Balaban J connectivity index is 0.000000707. The van der Waals surface area contributed by atoms with Crippen molar-refractivity contribution in [3.63, 3.8) is 0 Å². The fourth-order valence-electron chi connectivity index (χ4n) is 5.34. The van der Waals surface area contributed by atoms with Crippen molar-refractivity contribution >= 4 is 28.9 Å². The average molecular weight is 626 g/mol. The maximum Gasteiger partial charge on any atom is 0.408 e. The zero-order chi connectivity index (χ0) is 33.1. The number of carbonyl (C=O) groups is 3. The molecular weight excluding hydrogens is 574 g/mol. The summed E-state index contributed by atoms with van der Waals surface area (Å²) in [7, 11) is 2.92. The lowest BCUT2D eigenvalue weighted by Crippen LogP contribution is -2.46. The van der Waals surface area contributed by atoms with Gasteiger partial charge in [-0.15, -0.1) is 6.58 Å². The largest absolute Gasteiger partial charge is 0.497 e. The van der Waals surface area contributed by atoms with Gasteiger partial charge < -0.3 is 29.2 Å². The number of rotatable bonds is 12. The SMILES string of the molecule is C=CCCCCC.CCc1c(OC2CC(C(=O)OC)N(C(=O)CNC(=O)OC(C)(C)C)C2)c(C2CC2)nc2ccc(OC)cc12. The first-order chi connectivity index (χ1) is 21.5. The van der Waals surface area contributed by atoms with Gasteiger partial charge in [0.1, 0.15) is 35.8 Å². The maximum atomic E-state index is 13.1. The molecule has 2 fully saturated rings. The molecular formula is C35H51N3O7. The van der Waals surface area contributed by atoms with Crippen molar-refractivity contribution in [1.29, 1.82) is 0 Å². The van der Waals surface area contributed by atoms with Crippen molar-refractivity contribution in [1.82, 2.24) is 15.2 Å². The molecule has 45 heavy (non-hydrogen) atoms. The number of aromatic nitrogens is 1. The topological polar surface area (TPSA) is 116 Å². The molecule has 10 nitrogen and oxygen atoms in total. The first kappa shape index (κ1) is 35.7. The first-order valence-electron chi connectivity index (χ1n) is 16.1. The van der Waals surface area contributed by atoms with Gasteiger partial charge in [-0.1, -0.05) is 32.8 Å². The number of nitrogens with one attached hydrogen (secondary N) is 1. The Kier molecular flexibility index (Phi) is 13.1. The molecule has 2 atom stereocenters. The zero-order valence-electron chi connectivity index (χ0n) is 28.1. The summed E-state index contributed by atoms with van der Waals surface area (Å²) < 4.78 is 22.2. The highest BCUT2D eigenvalue weighted by Crippen LogP contribution is 2.47. The number of carbonyl (C=O) groups excluding carboxylic acids is 3. The molecule has 1 aromatic carbocycles. The molecule has 0 bridgehead atoms. The summed E-state index contributed by atoms with van der Waals surface area (Å²) in [6.07, 6.45) is 9.09. The predicted molar refractivity (Wildman–Crippen MR) is 175 cm³/mol. The number of allylic oxidation sites excluding steroid dienone is 1. The van der Waals surface area contributed by atoms with Gasteiger partial charge in [-0.3, -0.25) is 4.79 Å². The number of ether oxygens (including phenoxy) is 4. The lowest BCUT2D eigenvalue weighted by Gasteiger charge is -2.24. The smallest absolute Gasteiger partial charge is 0.408 e. The molecule has 0 radical (unpaired) electrons. The summed E-state index contributed by atoms with van der Waals surface area (Å²) in [5.41, 5.74) is 2.15. The lowest BCUT2D eigenvalue weighted by molar-refractivity contribution is -0.150. The summed E-state index contributed by atoms with van der Waals surface area (Å²) in [5, 5.41) is 3.43. The third-order valence-corrected chi connectivity index (χ3v) is 7.73. The minimum atomic E-state index is -0.819. The number of hydrogen-bond donors (Lipinski definition) is 1. The van der Waals surface area contributed by atoms with Gasteiger partial charge in [-0.2, -0.15) is 0 Å². The van der Waals surface area contributed by atoms with Crippen LogP contribution in [0.1, 0.15) is 96.7 Å². The Hall–Kier alpha value is -3.82. The van der Waals surface area contributed by atoms with Crippen molar-refractivity contribution < 1.29 is 33.3 Å². The summed E-state index contributed by atoms with van der Waals surface area (Å²) in [6, 6.07) is 5.01. The fraction of sp³-hybridized carbons (Fsp3) is 0.600. The van der Waals surface area contributed by atoms with E-state index in [0.29, 0.717) is 5.92 Å². The molecule has 1 N–H and O–H groups in total. The van der Waals surface area contributed by atoms with Crippen LogP contribution in [0.4, 0.5) is 4.79 Å². The number of benzene rings is 1. The quantitative estimate of drug-likeness (QED) is 0.162. The van der Waals surface area contributed by atoms with E-state index in [9.17, 15) is 14.4 Å². The minimum absolute atomic E-state index is 0.179. The number of alkyl carbamates (subject to hydrolysis) is 1. The highest BCUT2D eigenvalue weighted by Gasteiger charge is 2.42. The van der Waals surface area contributed by atoms with Crippen LogP contribution in [0.15, 0.2) is 30.9 Å². The van der Waals surface area contributed by atoms with Crippen molar-refractivity contribution in [2.75, 3.05) is 27.3 Å². The number of amides is 2. The second-order valence-corrected chi connectivity index (χ2v) is 12.5. The van der Waals surface area contributed by atoms with Crippen LogP contribution in [0, 0.1) is 0 Å². The molecule has 248 valence electrons. The van der Waals surface area contributed by atoms with Gasteiger partial charge in [0.25, 0.3) is 0 Å². The number of hydrogen-bond acceptors (Lipinski definition) is 8. The molecule has 10 heteroatoms. The Labute approximate surface area is 267 Å². The van der Waals surface area contributed by atoms with Crippen LogP contribution in [0.5, 0.6) is 11.5 Å². The lowest BCUT2D eigenvalue weighted by atomic mass is 10.0. The van der Waals surface area contributed by atoms with Crippen molar-refractivity contribution in [3.05, 3.63) is 42.1 Å². The zero-order valence-corrected chi connectivity index (χ0v) is 28.1. The number of fused-ring (bicyclic) bond motifs is 1. The third-order valence-electron chi connectivity index (χ3n) is 7.73. The summed E-state index contributed by atoms with van der Waals surface area (Å²) in [6.45, 7) is 13.0. The van der Waals surface area contributed by atoms with Crippen LogP contribution in [0.2, 0.25) is 0 Å². The minimum Gasteiger partial charge on any atom is -0.497 e. The van der Waals surface area contributed by atoms with E-state index in [-0.39, 0.29) is 19.5 Å². The van der Waals surface area contributed by atoms with Crippen LogP contribution < -0.4 is 14.8 Å². The molecule has 1 aromatic heterocycles. The van der Waals surface area contributed by atoms with Gasteiger partial charge in [0, 0.05) is 23.3 Å². The summed E-state index contributed by atoms with van der Waals surface area (Å²) >= 11 is 0. The third kappa shape index (κ3) is 10.1. The van der Waals surface area contributed by atoms with E-state index in [1.165, 1.54) is 37.7 Å². The van der Waals surface area contributed by atoms with Crippen LogP contribution in [0.25, 0.3) is 10.9 Å². The monoisotopic (exact) mass is 625 g/mol. The number of pyridine rings is 1. The molecule has 2 unspecified atom stereocenters. The van der Waals surface area contributed by atoms with Gasteiger partial charge in [0.05, 0.1) is 32.0 Å². The van der Waals surface area contributed by atoms with Crippen molar-refractivity contribution in [2.45, 2.75) is 110 Å². The van der Waals surface area contributed by atoms with Crippen molar-refractivity contribution in [3.8, 4) is 11.5 Å². The molecule has 1 aliphatic heterocycles. The van der Waals surface area contributed by atoms with Gasteiger partial charge in [0.15, 0.2) is 0 Å². The maximum absolute atomic E-state index is 13.1. The number of likely N-dealkylation sites (tertiary alicyclic amines) is 1. The van der Waals surface area contributed by atoms with E-state index < -0.39 is 35.7 Å². The molecule has 1 saturated heterocycles. The Morgan fingerprint density at radius 3 is 2.44 bits per heavy atom. The average Bonchev–Trinajstić information content (AvgIpc) is 3.77. The van der Waals surface area contributed by atoms with E-state index in [1.807, 2.05) is 24.3 Å². The van der Waals surface area contributed by atoms with Gasteiger partial charge in [-0.05, 0) is 71.1 Å². The van der Waals surface area contributed by atoms with E-state index in [2.05, 4.69) is 25.7 Å². The number of methoxy groups -OCH3 is 2. The summed E-state index contributed by atoms with van der Waals surface area (Å²) in [5.74, 6) is 0.846. The number of aryl methyl sites for hydroxylation is 1. The van der Waals surface area contributed by atoms with Crippen LogP contribution in [0.3, 0.4) is 0 Å². The van der Waals surface area contributed by atoms with Crippen molar-refractivity contribution in [2.24, 2.45) is 0 Å². The Morgan fingerprint density at radius 2 is 1.87 bits per heavy atom. The van der Waals surface area contributed by atoms with E-state index >= 15 is 0 Å². The fourth-order valence-corrected chi connectivity index (χ4v) is 5.34. The molecule has 2 aliphatic rings. The number of esters is 1. The molecule has 2 amide bonds. The van der Waals surface area contributed by atoms with E-state index in [4.69, 9.17) is 23.9 Å². The Bertz CT molecular complexity index is 1330. The predicted octanol–water partition coefficient (Wildman–Crippen LogP) is 6.48. The van der Waals surface area contributed by atoms with Gasteiger partial charge in [0.2, 0.25) is 5.91 Å². The summed E-state index contributed by atoms with van der Waals surface area (Å²) in [4.78, 5) is 44.1. The van der Waals surface area contributed by atoms with Gasteiger partial charge >= 0.3 is 12.1 Å². The normalized spacial score (nSPS) is 17.6. The van der Waals surface area contributed by atoms with E-state index in [0.717, 1.165) is 52.9 Å². The molecule has 2 heterocycles.